The third-order valence-electron chi connectivity index (χ3n) is 4.77. The summed E-state index contributed by atoms with van der Waals surface area (Å²) in [7, 11) is 0. The van der Waals surface area contributed by atoms with Gasteiger partial charge in [-0.05, 0) is 50.5 Å². The van der Waals surface area contributed by atoms with E-state index in [0.29, 0.717) is 23.5 Å². The average Bonchev–Trinajstić information content (AvgIpc) is 2.99. The van der Waals surface area contributed by atoms with Gasteiger partial charge in [0.1, 0.15) is 17.3 Å². The summed E-state index contributed by atoms with van der Waals surface area (Å²) in [5.41, 5.74) is 1.57. The number of nitrogens with one attached hydrogen (secondary N) is 2. The number of carbonyl (C=O) groups excluding carboxylic acids is 2. The molecule has 1 aromatic heterocycles. The normalized spacial score (nSPS) is 21.4. The zero-order chi connectivity index (χ0) is 20.3. The van der Waals surface area contributed by atoms with Crippen molar-refractivity contribution in [3.05, 3.63) is 58.9 Å². The van der Waals surface area contributed by atoms with Crippen LogP contribution < -0.4 is 10.6 Å². The van der Waals surface area contributed by atoms with E-state index < -0.39 is 24.0 Å². The zero-order valence-corrected chi connectivity index (χ0v) is 15.8. The highest BCUT2D eigenvalue weighted by atomic mass is 19.1. The maximum absolute atomic E-state index is 13.2. The van der Waals surface area contributed by atoms with Gasteiger partial charge in [-0.2, -0.15) is 0 Å². The molecule has 1 heterocycles. The molecule has 2 aromatic rings. The Morgan fingerprint density at radius 2 is 2.00 bits per heavy atom. The first-order valence-corrected chi connectivity index (χ1v) is 9.15. The summed E-state index contributed by atoms with van der Waals surface area (Å²) in [6.07, 6.45) is -0.245. The maximum atomic E-state index is 13.2. The van der Waals surface area contributed by atoms with Crippen LogP contribution in [0.1, 0.15) is 40.4 Å². The van der Waals surface area contributed by atoms with E-state index in [0.717, 1.165) is 0 Å². The predicted octanol–water partition coefficient (Wildman–Crippen LogP) is 1.42. The van der Waals surface area contributed by atoms with Gasteiger partial charge in [-0.1, -0.05) is 12.1 Å². The van der Waals surface area contributed by atoms with Crippen molar-refractivity contribution in [1.82, 2.24) is 20.6 Å². The van der Waals surface area contributed by atoms with Gasteiger partial charge in [0.25, 0.3) is 5.91 Å². The minimum atomic E-state index is -0.821. The third kappa shape index (κ3) is 4.89. The number of rotatable bonds is 5. The molecule has 3 atom stereocenters. The van der Waals surface area contributed by atoms with Crippen molar-refractivity contribution in [2.24, 2.45) is 5.92 Å². The van der Waals surface area contributed by atoms with Gasteiger partial charge < -0.3 is 15.7 Å². The lowest BCUT2D eigenvalue weighted by molar-refractivity contribution is -0.125. The summed E-state index contributed by atoms with van der Waals surface area (Å²) in [6.45, 7) is 3.68. The monoisotopic (exact) mass is 386 g/mol. The fraction of sp³-hybridized carbons (Fsp3) is 0.400. The third-order valence-corrected chi connectivity index (χ3v) is 4.77. The molecule has 0 saturated heterocycles. The number of halogens is 1. The molecule has 1 aliphatic carbocycles. The number of benzene rings is 1. The standard InChI is InChI=1S/C20H23FN4O3/c1-11-6-17(24-12(2)23-11)20(28)25-16-8-14(9-18(16)26)19(27)22-10-13-4-3-5-15(21)7-13/h3-7,14,16,18,26H,8-10H2,1-2H3,(H,22,27)(H,25,28)/t14-,16+,18+/m0/s1. The molecule has 0 aliphatic heterocycles. The second-order valence-electron chi connectivity index (χ2n) is 7.11. The first-order chi connectivity index (χ1) is 13.3. The van der Waals surface area contributed by atoms with Gasteiger partial charge >= 0.3 is 0 Å². The van der Waals surface area contributed by atoms with Gasteiger partial charge in [0.05, 0.1) is 12.1 Å². The van der Waals surface area contributed by atoms with Gasteiger partial charge in [0.15, 0.2) is 0 Å². The largest absolute Gasteiger partial charge is 0.391 e. The quantitative estimate of drug-likeness (QED) is 0.721. The summed E-state index contributed by atoms with van der Waals surface area (Å²) < 4.78 is 13.2. The summed E-state index contributed by atoms with van der Waals surface area (Å²) in [4.78, 5) is 33.1. The Bertz CT molecular complexity index is 869. The zero-order valence-electron chi connectivity index (χ0n) is 15.8. The Morgan fingerprint density at radius 3 is 2.71 bits per heavy atom. The Balaban J connectivity index is 1.56. The molecule has 3 N–H and O–H groups in total. The molecule has 8 heteroatoms. The van der Waals surface area contributed by atoms with E-state index in [1.54, 1.807) is 32.0 Å². The van der Waals surface area contributed by atoms with Crippen LogP contribution in [0.15, 0.2) is 30.3 Å². The second-order valence-corrected chi connectivity index (χ2v) is 7.11. The van der Waals surface area contributed by atoms with Crippen LogP contribution in [0.5, 0.6) is 0 Å². The fourth-order valence-corrected chi connectivity index (χ4v) is 3.44. The van der Waals surface area contributed by atoms with Gasteiger partial charge in [-0.15, -0.1) is 0 Å². The molecule has 1 aromatic carbocycles. The van der Waals surface area contributed by atoms with Crippen LogP contribution in [-0.2, 0) is 11.3 Å². The predicted molar refractivity (Wildman–Crippen MR) is 99.7 cm³/mol. The first kappa shape index (κ1) is 19.9. The molecule has 7 nitrogen and oxygen atoms in total. The molecule has 1 aliphatic rings. The molecule has 0 spiro atoms. The lowest BCUT2D eigenvalue weighted by Crippen LogP contribution is -2.40. The highest BCUT2D eigenvalue weighted by Crippen LogP contribution is 2.26. The number of nitrogens with zero attached hydrogens (tertiary/aromatic N) is 2. The fourth-order valence-electron chi connectivity index (χ4n) is 3.44. The lowest BCUT2D eigenvalue weighted by Gasteiger charge is -2.16. The summed E-state index contributed by atoms with van der Waals surface area (Å²) in [5.74, 6) is -0.928. The molecule has 148 valence electrons. The second kappa shape index (κ2) is 8.43. The highest BCUT2D eigenvalue weighted by molar-refractivity contribution is 5.92. The Hall–Kier alpha value is -2.87. The van der Waals surface area contributed by atoms with Crippen molar-refractivity contribution < 1.29 is 19.1 Å². The van der Waals surface area contributed by atoms with Crippen molar-refractivity contribution in [2.75, 3.05) is 0 Å². The number of hydrogen-bond acceptors (Lipinski definition) is 5. The van der Waals surface area contributed by atoms with Crippen molar-refractivity contribution >= 4 is 11.8 Å². The number of hydrogen-bond donors (Lipinski definition) is 3. The molecule has 2 amide bonds. The molecular weight excluding hydrogens is 363 g/mol. The van der Waals surface area contributed by atoms with Crippen LogP contribution in [0.4, 0.5) is 4.39 Å². The Kier molecular flexibility index (Phi) is 5.99. The lowest BCUT2D eigenvalue weighted by atomic mass is 10.1. The number of carbonyl (C=O) groups is 2. The van der Waals surface area contributed by atoms with Crippen molar-refractivity contribution in [2.45, 2.75) is 45.4 Å². The number of aromatic nitrogens is 2. The molecule has 3 rings (SSSR count). The van der Waals surface area contributed by atoms with E-state index in [4.69, 9.17) is 0 Å². The molecule has 1 saturated carbocycles. The van der Waals surface area contributed by atoms with E-state index in [2.05, 4.69) is 20.6 Å². The summed E-state index contributed by atoms with van der Waals surface area (Å²) >= 11 is 0. The number of aryl methyl sites for hydroxylation is 2. The van der Waals surface area contributed by atoms with E-state index in [9.17, 15) is 19.1 Å². The van der Waals surface area contributed by atoms with E-state index in [-0.39, 0.29) is 30.4 Å². The SMILES string of the molecule is Cc1cc(C(=O)N[C@@H]2C[C@H](C(=O)NCc3cccc(F)c3)C[C@H]2O)nc(C)n1. The Morgan fingerprint density at radius 1 is 1.21 bits per heavy atom. The molecule has 28 heavy (non-hydrogen) atoms. The van der Waals surface area contributed by atoms with Crippen LogP contribution >= 0.6 is 0 Å². The van der Waals surface area contributed by atoms with E-state index >= 15 is 0 Å². The van der Waals surface area contributed by atoms with Gasteiger partial charge in [0, 0.05) is 18.2 Å². The van der Waals surface area contributed by atoms with E-state index in [1.165, 1.54) is 12.1 Å². The number of aliphatic hydroxyl groups is 1. The van der Waals surface area contributed by atoms with Crippen LogP contribution in [0.3, 0.4) is 0 Å². The summed E-state index contributed by atoms with van der Waals surface area (Å²) in [6, 6.07) is 7.05. The highest BCUT2D eigenvalue weighted by Gasteiger charge is 2.37. The number of amides is 2. The minimum Gasteiger partial charge on any atom is -0.391 e. The molecule has 0 unspecified atom stereocenters. The topological polar surface area (TPSA) is 104 Å². The average molecular weight is 386 g/mol. The van der Waals surface area contributed by atoms with Gasteiger partial charge in [0.2, 0.25) is 5.91 Å². The molecule has 0 bridgehead atoms. The van der Waals surface area contributed by atoms with Crippen molar-refractivity contribution in [1.29, 1.82) is 0 Å². The van der Waals surface area contributed by atoms with Crippen molar-refractivity contribution in [3.63, 3.8) is 0 Å². The molecule has 1 fully saturated rings. The van der Waals surface area contributed by atoms with Crippen LogP contribution in [0, 0.1) is 25.6 Å². The summed E-state index contributed by atoms with van der Waals surface area (Å²) in [5, 5.41) is 15.8. The van der Waals surface area contributed by atoms with E-state index in [1.807, 2.05) is 0 Å². The van der Waals surface area contributed by atoms with Crippen LogP contribution in [0.25, 0.3) is 0 Å². The molecule has 0 radical (unpaired) electrons. The number of aliphatic hydroxyl groups excluding tert-OH is 1. The van der Waals surface area contributed by atoms with Crippen molar-refractivity contribution in [3.8, 4) is 0 Å². The minimum absolute atomic E-state index is 0.208. The van der Waals surface area contributed by atoms with Gasteiger partial charge in [-0.3, -0.25) is 9.59 Å². The van der Waals surface area contributed by atoms with Gasteiger partial charge in [-0.25, -0.2) is 14.4 Å². The van der Waals surface area contributed by atoms with Crippen LogP contribution in [-0.4, -0.2) is 39.0 Å². The first-order valence-electron chi connectivity index (χ1n) is 9.15. The maximum Gasteiger partial charge on any atom is 0.270 e. The smallest absolute Gasteiger partial charge is 0.270 e. The Labute approximate surface area is 162 Å². The van der Waals surface area contributed by atoms with Crippen LogP contribution in [0.2, 0.25) is 0 Å². The molecular formula is C20H23FN4O3.